The lowest BCUT2D eigenvalue weighted by Crippen LogP contribution is -2.14. The highest BCUT2D eigenvalue weighted by Crippen LogP contribution is 2.60. The Bertz CT molecular complexity index is 1430. The van der Waals surface area contributed by atoms with Gasteiger partial charge < -0.3 is 15.4 Å². The maximum atomic E-state index is 12.7. The molecule has 0 aliphatic heterocycles. The second kappa shape index (κ2) is 14.4. The number of carbonyl (C=O) groups excluding carboxylic acids is 1. The fourth-order valence-electron chi connectivity index (χ4n) is 4.61. The molecule has 2 N–H and O–H groups in total. The van der Waals surface area contributed by atoms with Crippen LogP contribution >= 0.6 is 23.2 Å². The molecular formula is C31H36Cl2F3N5O2. The Morgan fingerprint density at radius 1 is 1.07 bits per heavy atom. The van der Waals surface area contributed by atoms with E-state index < -0.39 is 34.4 Å². The van der Waals surface area contributed by atoms with Crippen LogP contribution in [0.1, 0.15) is 45.7 Å². The molecule has 1 fully saturated rings. The van der Waals surface area contributed by atoms with E-state index in [0.29, 0.717) is 11.9 Å². The second-order valence-corrected chi connectivity index (χ2v) is 11.7. The smallest absolute Gasteiger partial charge is 0.426 e. The van der Waals surface area contributed by atoms with Crippen molar-refractivity contribution >= 4 is 41.1 Å². The molecule has 2 atom stereocenters. The Labute approximate surface area is 260 Å². The average molecular weight is 639 g/mol. The van der Waals surface area contributed by atoms with E-state index in [0.717, 1.165) is 34.9 Å². The summed E-state index contributed by atoms with van der Waals surface area (Å²) in [5.41, 5.74) is 3.34. The monoisotopic (exact) mass is 637 g/mol. The van der Waals surface area contributed by atoms with Crippen LogP contribution in [0.25, 0.3) is 11.1 Å². The molecule has 2 aromatic carbocycles. The van der Waals surface area contributed by atoms with Gasteiger partial charge in [-0.15, -0.1) is 0 Å². The molecule has 4 rings (SSSR count). The zero-order valence-electron chi connectivity index (χ0n) is 24.9. The summed E-state index contributed by atoms with van der Waals surface area (Å²) in [6.45, 7) is 12.2. The lowest BCUT2D eigenvalue weighted by molar-refractivity contribution is -0.147. The van der Waals surface area contributed by atoms with Crippen molar-refractivity contribution in [2.45, 2.75) is 60.4 Å². The third-order valence-corrected chi connectivity index (χ3v) is 7.53. The van der Waals surface area contributed by atoms with Crippen LogP contribution in [0.3, 0.4) is 0 Å². The largest absolute Gasteiger partial charge is 0.461 e. The number of aromatic nitrogens is 3. The first kappa shape index (κ1) is 34.1. The summed E-state index contributed by atoms with van der Waals surface area (Å²) in [5.74, 6) is -0.754. The molecule has 43 heavy (non-hydrogen) atoms. The Hall–Kier alpha value is -3.37. The van der Waals surface area contributed by atoms with Gasteiger partial charge in [0.2, 0.25) is 17.2 Å². The average Bonchev–Trinajstić information content (AvgIpc) is 3.46. The Balaban J connectivity index is 0.000000303. The zero-order valence-corrected chi connectivity index (χ0v) is 26.4. The number of benzene rings is 2. The predicted molar refractivity (Wildman–Crippen MR) is 165 cm³/mol. The molecule has 0 radical (unpaired) electrons. The lowest BCUT2D eigenvalue weighted by Gasteiger charge is -2.12. The minimum atomic E-state index is -4.61. The molecule has 232 valence electrons. The zero-order chi connectivity index (χ0) is 31.9. The van der Waals surface area contributed by atoms with Gasteiger partial charge in [-0.05, 0) is 72.9 Å². The number of nitrogens with one attached hydrogen (secondary N) is 2. The summed E-state index contributed by atoms with van der Waals surface area (Å²) in [6.07, 6.45) is -3.68. The molecule has 1 saturated carbocycles. The predicted octanol–water partition coefficient (Wildman–Crippen LogP) is 8.44. The van der Waals surface area contributed by atoms with Gasteiger partial charge in [-0.3, -0.25) is 4.79 Å². The second-order valence-electron chi connectivity index (χ2n) is 11.0. The number of nitrogens with zero attached hydrogens (tertiary/aromatic N) is 3. The van der Waals surface area contributed by atoms with Crippen LogP contribution in [0.4, 0.5) is 25.1 Å². The number of hydrogen-bond donors (Lipinski definition) is 2. The highest BCUT2D eigenvalue weighted by Gasteiger charge is 2.62. The van der Waals surface area contributed by atoms with Crippen molar-refractivity contribution in [1.29, 1.82) is 0 Å². The number of allylic oxidation sites excluding steroid dienone is 2. The minimum absolute atomic E-state index is 0.0708. The van der Waals surface area contributed by atoms with Gasteiger partial charge in [0.15, 0.2) is 0 Å². The molecule has 1 heterocycles. The molecular weight excluding hydrogens is 602 g/mol. The summed E-state index contributed by atoms with van der Waals surface area (Å²) >= 11 is 11.1. The first-order valence-corrected chi connectivity index (χ1v) is 14.6. The molecule has 0 bridgehead atoms. The summed E-state index contributed by atoms with van der Waals surface area (Å²) < 4.78 is 43.5. The number of alkyl halides is 3. The van der Waals surface area contributed by atoms with Gasteiger partial charge in [0, 0.05) is 12.6 Å². The van der Waals surface area contributed by atoms with Crippen molar-refractivity contribution in [1.82, 2.24) is 15.0 Å². The third kappa shape index (κ3) is 9.31. The molecule has 0 spiro atoms. The number of halogens is 5. The molecule has 1 aromatic heterocycles. The fraction of sp³-hybridized carbons (Fsp3) is 0.419. The highest BCUT2D eigenvalue weighted by molar-refractivity contribution is 6.30. The van der Waals surface area contributed by atoms with Crippen LogP contribution in [-0.4, -0.2) is 39.7 Å². The van der Waals surface area contributed by atoms with Crippen molar-refractivity contribution < 1.29 is 22.7 Å². The van der Waals surface area contributed by atoms with Gasteiger partial charge >= 0.3 is 12.1 Å². The fourth-order valence-corrected chi connectivity index (χ4v) is 4.91. The molecule has 3 aromatic rings. The maximum absolute atomic E-state index is 12.7. The standard InChI is InChI=1S/C23H22ClF3O2.C8H14ClN5/c1-14-16(10-7-11-17(14)15-8-5-4-6-9-15)13-29-21(28)20-18(22(20,2)3)12-19(24)23(25,26)27;1-4-10-7-12-6(9)13-8(14-7)11-5(2)3/h4-12,18,20H,13H2,1-3H3;5H,4H2,1-3H3,(H2,10,11,12,13,14)/b19-12-;. The Morgan fingerprint density at radius 2 is 1.72 bits per heavy atom. The van der Waals surface area contributed by atoms with Gasteiger partial charge in [-0.25, -0.2) is 0 Å². The van der Waals surface area contributed by atoms with Gasteiger partial charge in [0.1, 0.15) is 11.6 Å². The van der Waals surface area contributed by atoms with Crippen molar-refractivity contribution in [3.05, 3.63) is 76.0 Å². The van der Waals surface area contributed by atoms with E-state index in [1.165, 1.54) is 0 Å². The lowest BCUT2D eigenvalue weighted by atomic mass is 9.97. The quantitative estimate of drug-likeness (QED) is 0.228. The van der Waals surface area contributed by atoms with E-state index in [2.05, 4.69) is 25.6 Å². The van der Waals surface area contributed by atoms with Crippen LogP contribution < -0.4 is 10.6 Å². The molecule has 12 heteroatoms. The van der Waals surface area contributed by atoms with Crippen LogP contribution in [0.5, 0.6) is 0 Å². The van der Waals surface area contributed by atoms with Crippen LogP contribution in [0.15, 0.2) is 59.6 Å². The number of hydrogen-bond acceptors (Lipinski definition) is 7. The normalized spacial score (nSPS) is 17.5. The molecule has 2 unspecified atom stereocenters. The highest BCUT2D eigenvalue weighted by atomic mass is 35.5. The molecule has 0 saturated heterocycles. The van der Waals surface area contributed by atoms with Crippen molar-refractivity contribution in [2.24, 2.45) is 17.3 Å². The van der Waals surface area contributed by atoms with Crippen LogP contribution in [-0.2, 0) is 16.1 Å². The molecule has 1 aliphatic rings. The van der Waals surface area contributed by atoms with E-state index in [1.807, 2.05) is 76.2 Å². The Morgan fingerprint density at radius 3 is 2.33 bits per heavy atom. The van der Waals surface area contributed by atoms with E-state index in [9.17, 15) is 18.0 Å². The summed E-state index contributed by atoms with van der Waals surface area (Å²) in [7, 11) is 0. The van der Waals surface area contributed by atoms with Gasteiger partial charge in [0.25, 0.3) is 0 Å². The van der Waals surface area contributed by atoms with Gasteiger partial charge in [-0.2, -0.15) is 28.1 Å². The van der Waals surface area contributed by atoms with Gasteiger partial charge in [0.05, 0.1) is 5.92 Å². The number of ether oxygens (including phenoxy) is 1. The third-order valence-electron chi connectivity index (χ3n) is 7.02. The minimum Gasteiger partial charge on any atom is -0.461 e. The summed E-state index contributed by atoms with van der Waals surface area (Å²) in [5, 5.41) is 5.03. The van der Waals surface area contributed by atoms with E-state index in [1.54, 1.807) is 13.8 Å². The molecule has 0 amide bonds. The number of rotatable bonds is 9. The number of carbonyl (C=O) groups is 1. The first-order chi connectivity index (χ1) is 20.1. The van der Waals surface area contributed by atoms with Crippen molar-refractivity contribution in [3.8, 4) is 11.1 Å². The summed E-state index contributed by atoms with van der Waals surface area (Å²) in [6, 6.07) is 15.9. The van der Waals surface area contributed by atoms with Crippen molar-refractivity contribution in [3.63, 3.8) is 0 Å². The first-order valence-electron chi connectivity index (χ1n) is 13.8. The topological polar surface area (TPSA) is 89.0 Å². The van der Waals surface area contributed by atoms with Gasteiger partial charge in [-0.1, -0.05) is 80.1 Å². The summed E-state index contributed by atoms with van der Waals surface area (Å²) in [4.78, 5) is 24.5. The number of esters is 1. The van der Waals surface area contributed by atoms with Crippen LogP contribution in [0, 0.1) is 24.2 Å². The van der Waals surface area contributed by atoms with E-state index in [-0.39, 0.29) is 17.9 Å². The maximum Gasteiger partial charge on any atom is 0.426 e. The molecule has 7 nitrogen and oxygen atoms in total. The Kier molecular flexibility index (Phi) is 11.4. The van der Waals surface area contributed by atoms with E-state index >= 15 is 0 Å². The van der Waals surface area contributed by atoms with E-state index in [4.69, 9.17) is 27.9 Å². The SMILES string of the molecule is CCNc1nc(Cl)nc(NC(C)C)n1.Cc1c(COC(=O)C2C(/C=C(\Cl)C(F)(F)F)C2(C)C)cccc1-c1ccccc1. The van der Waals surface area contributed by atoms with Crippen molar-refractivity contribution in [2.75, 3.05) is 17.2 Å². The molecule has 1 aliphatic carbocycles. The number of anilines is 2. The van der Waals surface area contributed by atoms with Crippen LogP contribution in [0.2, 0.25) is 5.28 Å².